The fourth-order valence-corrected chi connectivity index (χ4v) is 4.19. The zero-order valence-electron chi connectivity index (χ0n) is 11.8. The molecule has 1 fully saturated rings. The molecule has 3 rings (SSSR count). The van der Waals surface area contributed by atoms with E-state index in [0.29, 0.717) is 11.5 Å². The van der Waals surface area contributed by atoms with E-state index in [9.17, 15) is 4.79 Å². The van der Waals surface area contributed by atoms with Crippen molar-refractivity contribution >= 4 is 27.5 Å². The molecule has 0 spiro atoms. The minimum absolute atomic E-state index is 0.357. The van der Waals surface area contributed by atoms with Crippen LogP contribution in [0.5, 0.6) is 0 Å². The highest BCUT2D eigenvalue weighted by Crippen LogP contribution is 2.36. The number of nitrogens with two attached hydrogens (primary N) is 1. The van der Waals surface area contributed by atoms with Crippen LogP contribution < -0.4 is 11.1 Å². The lowest BCUT2D eigenvalue weighted by Gasteiger charge is -2.20. The number of aromatic nitrogens is 1. The van der Waals surface area contributed by atoms with Gasteiger partial charge in [0.15, 0.2) is 0 Å². The average molecular weight is 289 g/mol. The molecule has 0 saturated carbocycles. The second-order valence-electron chi connectivity index (χ2n) is 5.48. The van der Waals surface area contributed by atoms with Crippen molar-refractivity contribution in [2.45, 2.75) is 32.6 Å². The Labute approximate surface area is 122 Å². The van der Waals surface area contributed by atoms with Gasteiger partial charge in [0.1, 0.15) is 0 Å². The van der Waals surface area contributed by atoms with Gasteiger partial charge in [0.05, 0.1) is 15.2 Å². The first-order valence-corrected chi connectivity index (χ1v) is 7.80. The van der Waals surface area contributed by atoms with Crippen molar-refractivity contribution in [2.75, 3.05) is 13.1 Å². The number of thiazole rings is 1. The number of nitrogens with zero attached hydrogens (tertiary/aromatic N) is 1. The SMILES string of the molecule is Cc1cc(C(N)=O)c(C)c2sc(C3CCNCC3)nc12. The number of primary amides is 1. The van der Waals surface area contributed by atoms with Crippen LogP contribution in [0.25, 0.3) is 10.2 Å². The third kappa shape index (κ3) is 2.21. The fraction of sp³-hybridized carbons (Fsp3) is 0.467. The number of fused-ring (bicyclic) bond motifs is 1. The third-order valence-electron chi connectivity index (χ3n) is 4.08. The quantitative estimate of drug-likeness (QED) is 0.892. The normalized spacial score (nSPS) is 16.7. The van der Waals surface area contributed by atoms with Crippen molar-refractivity contribution in [3.05, 3.63) is 27.8 Å². The highest BCUT2D eigenvalue weighted by atomic mass is 32.1. The van der Waals surface area contributed by atoms with Crippen molar-refractivity contribution in [2.24, 2.45) is 5.73 Å². The molecule has 0 bridgehead atoms. The Bertz CT molecular complexity index is 671. The summed E-state index contributed by atoms with van der Waals surface area (Å²) < 4.78 is 1.12. The summed E-state index contributed by atoms with van der Waals surface area (Å²) in [6, 6.07) is 1.87. The van der Waals surface area contributed by atoms with Crippen LogP contribution in [0.3, 0.4) is 0 Å². The van der Waals surface area contributed by atoms with E-state index in [0.717, 1.165) is 47.3 Å². The third-order valence-corrected chi connectivity index (χ3v) is 5.41. The van der Waals surface area contributed by atoms with Gasteiger partial charge in [-0.15, -0.1) is 11.3 Å². The summed E-state index contributed by atoms with van der Waals surface area (Å²) in [5.74, 6) is 0.189. The van der Waals surface area contributed by atoms with Crippen LogP contribution in [-0.2, 0) is 0 Å². The molecule has 1 aliphatic heterocycles. The lowest BCUT2D eigenvalue weighted by molar-refractivity contribution is 0.1000. The van der Waals surface area contributed by atoms with Crippen LogP contribution in [0.2, 0.25) is 0 Å². The minimum atomic E-state index is -0.357. The van der Waals surface area contributed by atoms with Gasteiger partial charge >= 0.3 is 0 Å². The maximum Gasteiger partial charge on any atom is 0.249 e. The summed E-state index contributed by atoms with van der Waals surface area (Å²) >= 11 is 1.73. The predicted octanol–water partition coefficient (Wildman–Crippen LogP) is 2.48. The molecule has 1 aromatic carbocycles. The van der Waals surface area contributed by atoms with E-state index < -0.39 is 0 Å². The maximum absolute atomic E-state index is 11.5. The zero-order valence-corrected chi connectivity index (χ0v) is 12.6. The minimum Gasteiger partial charge on any atom is -0.366 e. The molecule has 0 unspecified atom stereocenters. The molecule has 2 heterocycles. The predicted molar refractivity (Wildman–Crippen MR) is 82.5 cm³/mol. The number of rotatable bonds is 2. The molecule has 106 valence electrons. The number of aryl methyl sites for hydroxylation is 2. The Balaban J connectivity index is 2.12. The molecule has 2 aromatic rings. The summed E-state index contributed by atoms with van der Waals surface area (Å²) in [6.07, 6.45) is 2.28. The second-order valence-corrected chi connectivity index (χ2v) is 6.52. The lowest BCUT2D eigenvalue weighted by atomic mass is 9.99. The summed E-state index contributed by atoms with van der Waals surface area (Å²) in [4.78, 5) is 16.4. The molecule has 0 aliphatic carbocycles. The molecule has 5 heteroatoms. The fourth-order valence-electron chi connectivity index (χ4n) is 2.87. The van der Waals surface area contributed by atoms with Crippen molar-refractivity contribution < 1.29 is 4.79 Å². The summed E-state index contributed by atoms with van der Waals surface area (Å²) in [5, 5.41) is 4.58. The Kier molecular flexibility index (Phi) is 3.48. The number of carbonyl (C=O) groups is 1. The van der Waals surface area contributed by atoms with Gasteiger partial charge in [-0.1, -0.05) is 0 Å². The van der Waals surface area contributed by atoms with Gasteiger partial charge in [0, 0.05) is 11.5 Å². The number of piperidine rings is 1. The van der Waals surface area contributed by atoms with E-state index in [4.69, 9.17) is 10.7 Å². The first-order chi connectivity index (χ1) is 9.58. The summed E-state index contributed by atoms with van der Waals surface area (Å²) in [6.45, 7) is 6.09. The molecule has 20 heavy (non-hydrogen) atoms. The maximum atomic E-state index is 11.5. The lowest BCUT2D eigenvalue weighted by Crippen LogP contribution is -2.26. The largest absolute Gasteiger partial charge is 0.366 e. The number of hydrogen-bond donors (Lipinski definition) is 2. The molecule has 1 amide bonds. The highest BCUT2D eigenvalue weighted by Gasteiger charge is 2.21. The molecule has 0 atom stereocenters. The molecule has 4 nitrogen and oxygen atoms in total. The summed E-state index contributed by atoms with van der Waals surface area (Å²) in [7, 11) is 0. The smallest absolute Gasteiger partial charge is 0.249 e. The molecular formula is C15H19N3OS. The van der Waals surface area contributed by atoms with E-state index in [1.807, 2.05) is 19.9 Å². The van der Waals surface area contributed by atoms with E-state index in [1.165, 1.54) is 5.01 Å². The van der Waals surface area contributed by atoms with E-state index in [-0.39, 0.29) is 5.91 Å². The number of amides is 1. The molecule has 1 saturated heterocycles. The standard InChI is InChI=1S/C15H19N3OS/c1-8-7-11(14(16)19)9(2)13-12(8)18-15(20-13)10-3-5-17-6-4-10/h7,10,17H,3-6H2,1-2H3,(H2,16,19). The van der Waals surface area contributed by atoms with Crippen LogP contribution in [0, 0.1) is 13.8 Å². The van der Waals surface area contributed by atoms with Crippen LogP contribution in [-0.4, -0.2) is 24.0 Å². The Morgan fingerprint density at radius 2 is 2.10 bits per heavy atom. The molecular weight excluding hydrogens is 270 g/mol. The van der Waals surface area contributed by atoms with Crippen LogP contribution >= 0.6 is 11.3 Å². The zero-order chi connectivity index (χ0) is 14.3. The Morgan fingerprint density at radius 3 is 2.75 bits per heavy atom. The first kappa shape index (κ1) is 13.5. The van der Waals surface area contributed by atoms with Crippen LogP contribution in [0.15, 0.2) is 6.07 Å². The number of carbonyl (C=O) groups excluding carboxylic acids is 1. The Morgan fingerprint density at radius 1 is 1.40 bits per heavy atom. The van der Waals surface area contributed by atoms with E-state index in [2.05, 4.69) is 5.32 Å². The number of nitrogens with one attached hydrogen (secondary N) is 1. The van der Waals surface area contributed by atoms with Gasteiger partial charge in [0.25, 0.3) is 0 Å². The van der Waals surface area contributed by atoms with E-state index >= 15 is 0 Å². The van der Waals surface area contributed by atoms with Gasteiger partial charge < -0.3 is 11.1 Å². The summed E-state index contributed by atoms with van der Waals surface area (Å²) in [5.41, 5.74) is 9.12. The number of benzene rings is 1. The first-order valence-electron chi connectivity index (χ1n) is 6.99. The van der Waals surface area contributed by atoms with Gasteiger partial charge in [-0.3, -0.25) is 4.79 Å². The molecule has 3 N–H and O–H groups in total. The monoisotopic (exact) mass is 289 g/mol. The van der Waals surface area contributed by atoms with Gasteiger partial charge in [-0.2, -0.15) is 0 Å². The van der Waals surface area contributed by atoms with Gasteiger partial charge in [-0.05, 0) is 57.0 Å². The van der Waals surface area contributed by atoms with Crippen molar-refractivity contribution in [1.82, 2.24) is 10.3 Å². The van der Waals surface area contributed by atoms with E-state index in [1.54, 1.807) is 11.3 Å². The van der Waals surface area contributed by atoms with Gasteiger partial charge in [-0.25, -0.2) is 4.98 Å². The highest BCUT2D eigenvalue weighted by molar-refractivity contribution is 7.18. The number of hydrogen-bond acceptors (Lipinski definition) is 4. The Hall–Kier alpha value is -1.46. The van der Waals surface area contributed by atoms with Crippen molar-refractivity contribution in [3.8, 4) is 0 Å². The van der Waals surface area contributed by atoms with Crippen molar-refractivity contribution in [1.29, 1.82) is 0 Å². The molecule has 1 aromatic heterocycles. The molecule has 0 radical (unpaired) electrons. The average Bonchev–Trinajstić information content (AvgIpc) is 2.89. The van der Waals surface area contributed by atoms with Gasteiger partial charge in [0.2, 0.25) is 5.91 Å². The van der Waals surface area contributed by atoms with Crippen LogP contribution in [0.4, 0.5) is 0 Å². The second kappa shape index (κ2) is 5.14. The van der Waals surface area contributed by atoms with Crippen LogP contribution in [0.1, 0.15) is 45.3 Å². The molecule has 1 aliphatic rings. The van der Waals surface area contributed by atoms with Crippen molar-refractivity contribution in [3.63, 3.8) is 0 Å². The topological polar surface area (TPSA) is 68.0 Å².